The van der Waals surface area contributed by atoms with Crippen molar-refractivity contribution in [1.29, 1.82) is 0 Å². The Kier molecular flexibility index (Phi) is 4.07. The zero-order valence-electron chi connectivity index (χ0n) is 12.4. The molecule has 0 unspecified atom stereocenters. The minimum atomic E-state index is -0.430. The monoisotopic (exact) mass is 260 g/mol. The number of aryl methyl sites for hydroxylation is 1. The summed E-state index contributed by atoms with van der Waals surface area (Å²) < 4.78 is 0. The summed E-state index contributed by atoms with van der Waals surface area (Å²) in [4.78, 5) is 15.2. The molecule has 1 saturated heterocycles. The lowest BCUT2D eigenvalue weighted by Crippen LogP contribution is -2.57. The lowest BCUT2D eigenvalue weighted by Gasteiger charge is -2.40. The van der Waals surface area contributed by atoms with Crippen molar-refractivity contribution in [1.82, 2.24) is 10.2 Å². The molecular weight excluding hydrogens is 236 g/mol. The minimum absolute atomic E-state index is 0.232. The smallest absolute Gasteiger partial charge is 0.182 e. The third-order valence-corrected chi connectivity index (χ3v) is 4.31. The van der Waals surface area contributed by atoms with Crippen LogP contribution in [0.5, 0.6) is 0 Å². The van der Waals surface area contributed by atoms with Gasteiger partial charge in [0.05, 0.1) is 5.54 Å². The highest BCUT2D eigenvalue weighted by Crippen LogP contribution is 2.24. The van der Waals surface area contributed by atoms with Gasteiger partial charge in [0, 0.05) is 31.7 Å². The summed E-state index contributed by atoms with van der Waals surface area (Å²) in [6.45, 7) is 12.0. The van der Waals surface area contributed by atoms with Gasteiger partial charge in [0.1, 0.15) is 0 Å². The van der Waals surface area contributed by atoms with Gasteiger partial charge in [-0.25, -0.2) is 0 Å². The first kappa shape index (κ1) is 14.2. The molecule has 1 aromatic carbocycles. The van der Waals surface area contributed by atoms with Gasteiger partial charge in [0.25, 0.3) is 0 Å². The highest BCUT2D eigenvalue weighted by Gasteiger charge is 2.36. The number of hydrogen-bond donors (Lipinski definition) is 1. The van der Waals surface area contributed by atoms with E-state index >= 15 is 0 Å². The molecule has 0 spiro atoms. The Morgan fingerprint density at radius 1 is 1.21 bits per heavy atom. The summed E-state index contributed by atoms with van der Waals surface area (Å²) in [6, 6.07) is 5.99. The van der Waals surface area contributed by atoms with Gasteiger partial charge < -0.3 is 5.32 Å². The van der Waals surface area contributed by atoms with E-state index in [2.05, 4.69) is 23.2 Å². The third-order valence-electron chi connectivity index (χ3n) is 4.31. The summed E-state index contributed by atoms with van der Waals surface area (Å²) in [6.07, 6.45) is 0. The van der Waals surface area contributed by atoms with Crippen molar-refractivity contribution in [2.75, 3.05) is 26.2 Å². The van der Waals surface area contributed by atoms with Gasteiger partial charge in [-0.05, 0) is 38.8 Å². The van der Waals surface area contributed by atoms with E-state index in [4.69, 9.17) is 0 Å². The molecule has 1 N–H and O–H groups in total. The fourth-order valence-electron chi connectivity index (χ4n) is 2.69. The van der Waals surface area contributed by atoms with Gasteiger partial charge in [-0.15, -0.1) is 0 Å². The summed E-state index contributed by atoms with van der Waals surface area (Å²) in [5, 5.41) is 3.33. The Balaban J connectivity index is 2.29. The maximum Gasteiger partial charge on any atom is 0.182 e. The van der Waals surface area contributed by atoms with Crippen molar-refractivity contribution in [3.05, 3.63) is 34.9 Å². The topological polar surface area (TPSA) is 32.3 Å². The van der Waals surface area contributed by atoms with Gasteiger partial charge in [0.15, 0.2) is 5.78 Å². The molecule has 1 aromatic rings. The zero-order chi connectivity index (χ0) is 14.0. The highest BCUT2D eigenvalue weighted by atomic mass is 16.1. The van der Waals surface area contributed by atoms with E-state index in [1.54, 1.807) is 0 Å². The largest absolute Gasteiger partial charge is 0.314 e. The number of nitrogens with one attached hydrogen (secondary N) is 1. The first-order valence-electron chi connectivity index (χ1n) is 7.01. The molecule has 1 fully saturated rings. The van der Waals surface area contributed by atoms with Crippen molar-refractivity contribution in [3.8, 4) is 0 Å². The molecule has 2 rings (SSSR count). The quantitative estimate of drug-likeness (QED) is 0.845. The fraction of sp³-hybridized carbons (Fsp3) is 0.562. The van der Waals surface area contributed by atoms with Gasteiger partial charge in [-0.3, -0.25) is 9.69 Å². The predicted octanol–water partition coefficient (Wildman–Crippen LogP) is 2.17. The average Bonchev–Trinajstić information content (AvgIpc) is 2.42. The second-order valence-electron chi connectivity index (χ2n) is 5.87. The van der Waals surface area contributed by atoms with Crippen molar-refractivity contribution in [2.24, 2.45) is 0 Å². The van der Waals surface area contributed by atoms with Crippen LogP contribution in [0, 0.1) is 13.8 Å². The SMILES string of the molecule is Cc1cccc(C(=O)C(C)(C)N2CCNCC2)c1C. The number of benzene rings is 1. The Hall–Kier alpha value is -1.19. The lowest BCUT2D eigenvalue weighted by molar-refractivity contribution is 0.0602. The van der Waals surface area contributed by atoms with Crippen molar-refractivity contribution in [3.63, 3.8) is 0 Å². The third kappa shape index (κ3) is 2.72. The standard InChI is InChI=1S/C16H24N2O/c1-12-6-5-7-14(13(12)2)15(19)16(3,4)18-10-8-17-9-11-18/h5-7,17H,8-11H2,1-4H3. The van der Waals surface area contributed by atoms with Crippen molar-refractivity contribution < 1.29 is 4.79 Å². The van der Waals surface area contributed by atoms with Crippen LogP contribution in [-0.2, 0) is 0 Å². The summed E-state index contributed by atoms with van der Waals surface area (Å²) in [7, 11) is 0. The van der Waals surface area contributed by atoms with Crippen LogP contribution in [0.2, 0.25) is 0 Å². The van der Waals surface area contributed by atoms with Crippen molar-refractivity contribution in [2.45, 2.75) is 33.2 Å². The maximum atomic E-state index is 12.9. The molecule has 19 heavy (non-hydrogen) atoms. The van der Waals surface area contributed by atoms with Gasteiger partial charge >= 0.3 is 0 Å². The van der Waals surface area contributed by atoms with Crippen molar-refractivity contribution >= 4 is 5.78 Å². The van der Waals surface area contributed by atoms with Crippen LogP contribution >= 0.6 is 0 Å². The first-order chi connectivity index (χ1) is 8.94. The number of piperazine rings is 1. The van der Waals surface area contributed by atoms with E-state index in [-0.39, 0.29) is 5.78 Å². The number of ketones is 1. The highest BCUT2D eigenvalue weighted by molar-refractivity contribution is 6.04. The van der Waals surface area contributed by atoms with Gasteiger partial charge in [-0.1, -0.05) is 18.2 Å². The van der Waals surface area contributed by atoms with Crippen LogP contribution in [0.1, 0.15) is 35.3 Å². The molecule has 0 amide bonds. The van der Waals surface area contributed by atoms with E-state index in [1.165, 1.54) is 5.56 Å². The second-order valence-corrected chi connectivity index (χ2v) is 5.87. The number of nitrogens with zero attached hydrogens (tertiary/aromatic N) is 1. The molecule has 0 bridgehead atoms. The van der Waals surface area contributed by atoms with E-state index < -0.39 is 5.54 Å². The predicted molar refractivity (Wildman–Crippen MR) is 78.8 cm³/mol. The second kappa shape index (κ2) is 5.43. The Labute approximate surface area is 116 Å². The maximum absolute atomic E-state index is 12.9. The molecule has 104 valence electrons. The van der Waals surface area contributed by atoms with Crippen LogP contribution < -0.4 is 5.32 Å². The number of Topliss-reactive ketones (excluding diaryl/α,β-unsaturated/α-hetero) is 1. The molecule has 1 heterocycles. The average molecular weight is 260 g/mol. The summed E-state index contributed by atoms with van der Waals surface area (Å²) in [5.41, 5.74) is 2.72. The molecule has 3 nitrogen and oxygen atoms in total. The molecule has 0 saturated carbocycles. The number of carbonyl (C=O) groups excluding carboxylic acids is 1. The molecule has 1 aliphatic rings. The fourth-order valence-corrected chi connectivity index (χ4v) is 2.69. The van der Waals surface area contributed by atoms with E-state index in [0.29, 0.717) is 0 Å². The van der Waals surface area contributed by atoms with E-state index in [0.717, 1.165) is 37.3 Å². The van der Waals surface area contributed by atoms with Crippen LogP contribution in [0.4, 0.5) is 0 Å². The first-order valence-corrected chi connectivity index (χ1v) is 7.01. The number of rotatable bonds is 3. The van der Waals surface area contributed by atoms with E-state index in [1.807, 2.05) is 32.9 Å². The van der Waals surface area contributed by atoms with Crippen LogP contribution in [0.15, 0.2) is 18.2 Å². The van der Waals surface area contributed by atoms with Gasteiger partial charge in [-0.2, -0.15) is 0 Å². The normalized spacial score (nSPS) is 17.5. The molecule has 3 heteroatoms. The van der Waals surface area contributed by atoms with E-state index in [9.17, 15) is 4.79 Å². The summed E-state index contributed by atoms with van der Waals surface area (Å²) >= 11 is 0. The van der Waals surface area contributed by atoms with Crippen LogP contribution in [0.3, 0.4) is 0 Å². The Morgan fingerprint density at radius 2 is 1.84 bits per heavy atom. The molecule has 0 atom stereocenters. The molecule has 1 aliphatic heterocycles. The molecule has 0 aliphatic carbocycles. The van der Waals surface area contributed by atoms with Crippen LogP contribution in [0.25, 0.3) is 0 Å². The summed E-state index contributed by atoms with van der Waals surface area (Å²) in [5.74, 6) is 0.232. The zero-order valence-corrected chi connectivity index (χ0v) is 12.4. The molecule has 0 aromatic heterocycles. The Bertz CT molecular complexity index is 474. The Morgan fingerprint density at radius 3 is 2.47 bits per heavy atom. The molecular formula is C16H24N2O. The number of carbonyl (C=O) groups is 1. The lowest BCUT2D eigenvalue weighted by atomic mass is 9.87. The van der Waals surface area contributed by atoms with Gasteiger partial charge in [0.2, 0.25) is 0 Å². The van der Waals surface area contributed by atoms with Crippen LogP contribution in [-0.4, -0.2) is 42.4 Å². The molecule has 0 radical (unpaired) electrons. The number of hydrogen-bond acceptors (Lipinski definition) is 3. The minimum Gasteiger partial charge on any atom is -0.314 e.